The number of nitrogens with two attached hydrogens (primary N) is 2. The summed E-state index contributed by atoms with van der Waals surface area (Å²) in [4.78, 5) is 203. The van der Waals surface area contributed by atoms with E-state index in [1.165, 1.54) is 49.4 Å². The molecule has 18 N–H and O–H groups in total. The Morgan fingerprint density at radius 3 is 1.68 bits per heavy atom. The van der Waals surface area contributed by atoms with Crippen LogP contribution in [0.25, 0.3) is 10.9 Å². The van der Waals surface area contributed by atoms with Gasteiger partial charge in [0.25, 0.3) is 5.91 Å². The number of imidazole rings is 1. The highest BCUT2D eigenvalue weighted by atomic mass is 32.2. The molecule has 1 aliphatic rings. The van der Waals surface area contributed by atoms with Crippen molar-refractivity contribution in [2.75, 3.05) is 97.1 Å². The number of carbonyl (C=O) groups excluding carboxylic acids is 11. The molecular formula is C67H98N18O17S. The van der Waals surface area contributed by atoms with Gasteiger partial charge >= 0.3 is 17.9 Å². The summed E-state index contributed by atoms with van der Waals surface area (Å²) in [6.45, 7) is 7.99. The Morgan fingerprint density at radius 1 is 0.573 bits per heavy atom. The molecule has 0 unspecified atom stereocenters. The summed E-state index contributed by atoms with van der Waals surface area (Å²) < 4.78 is 0. The predicted molar refractivity (Wildman–Crippen MR) is 378 cm³/mol. The number of hydrogen-bond acceptors (Lipinski definition) is 21. The normalized spacial score (nSPS) is 15.6. The monoisotopic (exact) mass is 1460 g/mol. The molecule has 1 aliphatic heterocycles. The fraction of sp³-hybridized carbons (Fsp3) is 0.537. The van der Waals surface area contributed by atoms with Crippen LogP contribution in [0.3, 0.4) is 0 Å². The van der Waals surface area contributed by atoms with Crippen LogP contribution in [0.4, 0.5) is 0 Å². The zero-order chi connectivity index (χ0) is 75.9. The number of carbonyl (C=O) groups is 14. The number of para-hydroxylation sites is 1. The highest BCUT2D eigenvalue weighted by Crippen LogP contribution is 2.20. The van der Waals surface area contributed by atoms with Crippen LogP contribution in [-0.4, -0.2) is 272 Å². The molecule has 2 aromatic carbocycles. The maximum absolute atomic E-state index is 14.5. The van der Waals surface area contributed by atoms with E-state index < -0.39 is 138 Å². The third kappa shape index (κ3) is 29.9. The largest absolute Gasteiger partial charge is 0.480 e. The topological polar surface area (TPSA) is 517 Å². The predicted octanol–water partition coefficient (Wildman–Crippen LogP) is -3.18. The van der Waals surface area contributed by atoms with Crippen molar-refractivity contribution in [1.82, 2.24) is 82.4 Å². The smallest absolute Gasteiger partial charge is 0.317 e. The Morgan fingerprint density at radius 2 is 1.12 bits per heavy atom. The number of carboxylic acids is 3. The minimum absolute atomic E-state index is 0.00249. The number of amides is 11. The molecule has 36 heteroatoms. The molecular weight excluding hydrogens is 1360 g/mol. The van der Waals surface area contributed by atoms with Crippen molar-refractivity contribution in [2.24, 2.45) is 23.3 Å². The van der Waals surface area contributed by atoms with E-state index in [4.69, 9.17) is 11.5 Å². The lowest BCUT2D eigenvalue weighted by atomic mass is 10.0. The van der Waals surface area contributed by atoms with Gasteiger partial charge in [0.05, 0.1) is 45.1 Å². The Hall–Kier alpha value is -9.88. The minimum atomic E-state index is -1.51. The quantitative estimate of drug-likeness (QED) is 0.0209. The van der Waals surface area contributed by atoms with Crippen LogP contribution in [0.15, 0.2) is 67.3 Å². The van der Waals surface area contributed by atoms with Crippen LogP contribution in [0.5, 0.6) is 0 Å². The van der Waals surface area contributed by atoms with Crippen molar-refractivity contribution in [1.29, 1.82) is 0 Å². The summed E-state index contributed by atoms with van der Waals surface area (Å²) in [7, 11) is 0. The number of imide groups is 1. The van der Waals surface area contributed by atoms with Crippen LogP contribution in [-0.2, 0) is 81.7 Å². The number of nitrogens with one attached hydrogen (secondary N) is 11. The molecule has 1 saturated heterocycles. The van der Waals surface area contributed by atoms with Crippen molar-refractivity contribution < 1.29 is 82.4 Å². The van der Waals surface area contributed by atoms with E-state index in [0.29, 0.717) is 33.5 Å². The highest BCUT2D eigenvalue weighted by molar-refractivity contribution is 7.98. The second kappa shape index (κ2) is 42.5. The van der Waals surface area contributed by atoms with Crippen molar-refractivity contribution in [3.63, 3.8) is 0 Å². The summed E-state index contributed by atoms with van der Waals surface area (Å²) in [5, 5.41) is 52.8. The third-order valence-corrected chi connectivity index (χ3v) is 17.4. The van der Waals surface area contributed by atoms with Gasteiger partial charge in [-0.05, 0) is 79.4 Å². The molecule has 1 fully saturated rings. The van der Waals surface area contributed by atoms with Gasteiger partial charge in [0.15, 0.2) is 0 Å². The molecule has 35 nitrogen and oxygen atoms in total. The Labute approximate surface area is 600 Å². The van der Waals surface area contributed by atoms with Gasteiger partial charge in [-0.1, -0.05) is 58.0 Å². The molecule has 11 amide bonds. The first-order valence-corrected chi connectivity index (χ1v) is 35.2. The van der Waals surface area contributed by atoms with Crippen molar-refractivity contribution >= 4 is 106 Å². The van der Waals surface area contributed by atoms with E-state index in [1.807, 2.05) is 0 Å². The first-order valence-electron chi connectivity index (χ1n) is 33.8. The van der Waals surface area contributed by atoms with Crippen molar-refractivity contribution in [3.8, 4) is 0 Å². The number of aromatic nitrogens is 3. The van der Waals surface area contributed by atoms with Gasteiger partial charge in [-0.25, -0.2) is 4.98 Å². The molecule has 4 aromatic rings. The van der Waals surface area contributed by atoms with Crippen molar-refractivity contribution in [2.45, 2.75) is 122 Å². The number of fused-ring (bicyclic) bond motifs is 1. The number of benzene rings is 2. The summed E-state index contributed by atoms with van der Waals surface area (Å²) in [5.41, 5.74) is 13.6. The molecule has 5 rings (SSSR count). The first kappa shape index (κ1) is 83.8. The number of aromatic amines is 2. The van der Waals surface area contributed by atoms with E-state index in [1.54, 1.807) is 90.1 Å². The van der Waals surface area contributed by atoms with Gasteiger partial charge in [-0.3, -0.25) is 92.0 Å². The Kier molecular flexibility index (Phi) is 34.6. The zero-order valence-corrected chi connectivity index (χ0v) is 59.6. The van der Waals surface area contributed by atoms with Crippen molar-refractivity contribution in [3.05, 3.63) is 89.6 Å². The SMILES string of the molecule is CSCC[C@H](NC(=O)[C@H](CC(C)C)NC(=O)[C@H](Cc1cnc[nH]1)NC(=O)CNC(=O)[C@@H](N)C(C)C)C(=O)NC(=O)[C@H](C)NC(=O)[C@H](Cc1c[nH]c2ccccc12)NC(=O)[C@H](CCC(N)=O)NC(=O)c1cccc(CNC(=O)CN2CCN(CC(=O)O)CCN(CC(=O)O)CCN(CC(=O)O)CC2)c1. The Balaban J connectivity index is 1.28. The second-order valence-corrected chi connectivity index (χ2v) is 26.9. The maximum Gasteiger partial charge on any atom is 0.317 e. The zero-order valence-electron chi connectivity index (χ0n) is 58.8. The number of rotatable bonds is 39. The summed E-state index contributed by atoms with van der Waals surface area (Å²) in [5.74, 6) is -12.2. The van der Waals surface area contributed by atoms with Crippen LogP contribution < -0.4 is 59.3 Å². The van der Waals surface area contributed by atoms with Crippen LogP contribution >= 0.6 is 11.8 Å². The van der Waals surface area contributed by atoms with E-state index in [9.17, 15) is 82.4 Å². The molecule has 0 bridgehead atoms. The number of primary amides is 1. The number of thioether (sulfide) groups is 1. The summed E-state index contributed by atoms with van der Waals surface area (Å²) >= 11 is 1.33. The molecule has 0 spiro atoms. The van der Waals surface area contributed by atoms with Gasteiger partial charge in [-0.15, -0.1) is 0 Å². The fourth-order valence-electron chi connectivity index (χ4n) is 11.0. The summed E-state index contributed by atoms with van der Waals surface area (Å²) in [6.07, 6.45) is 5.21. The minimum Gasteiger partial charge on any atom is -0.480 e. The van der Waals surface area contributed by atoms with E-state index in [2.05, 4.69) is 62.8 Å². The second-order valence-electron chi connectivity index (χ2n) is 25.9. The lowest BCUT2D eigenvalue weighted by Crippen LogP contribution is -2.59. The maximum atomic E-state index is 14.5. The highest BCUT2D eigenvalue weighted by Gasteiger charge is 2.35. The molecule has 0 radical (unpaired) electrons. The lowest BCUT2D eigenvalue weighted by Gasteiger charge is -2.32. The average molecular weight is 1460 g/mol. The molecule has 0 aliphatic carbocycles. The van der Waals surface area contributed by atoms with Crippen LogP contribution in [0, 0.1) is 11.8 Å². The third-order valence-electron chi connectivity index (χ3n) is 16.7. The van der Waals surface area contributed by atoms with Crippen LogP contribution in [0.1, 0.15) is 87.5 Å². The van der Waals surface area contributed by atoms with E-state index >= 15 is 0 Å². The first-order chi connectivity index (χ1) is 48.9. The lowest BCUT2D eigenvalue weighted by molar-refractivity contribution is -0.140. The number of hydrogen-bond donors (Lipinski definition) is 16. The molecule has 0 saturated carbocycles. The van der Waals surface area contributed by atoms with E-state index in [0.717, 1.165) is 0 Å². The summed E-state index contributed by atoms with van der Waals surface area (Å²) in [6, 6.07) is 3.83. The van der Waals surface area contributed by atoms with Gasteiger partial charge in [0.1, 0.15) is 36.3 Å². The van der Waals surface area contributed by atoms with Crippen LogP contribution in [0.2, 0.25) is 0 Å². The molecule has 564 valence electrons. The van der Waals surface area contributed by atoms with Gasteiger partial charge in [0, 0.05) is 113 Å². The van der Waals surface area contributed by atoms with Gasteiger partial charge < -0.3 is 79.3 Å². The Bertz CT molecular complexity index is 3540. The van der Waals surface area contributed by atoms with Gasteiger partial charge in [-0.2, -0.15) is 11.8 Å². The number of carboxylic acid groups (broad SMARTS) is 3. The van der Waals surface area contributed by atoms with E-state index in [-0.39, 0.29) is 135 Å². The number of H-pyrrole nitrogens is 2. The number of aliphatic carboxylic acids is 3. The molecule has 2 aromatic heterocycles. The average Bonchev–Trinajstić information content (AvgIpc) is 1.73. The van der Waals surface area contributed by atoms with Gasteiger partial charge in [0.2, 0.25) is 59.1 Å². The molecule has 7 atom stereocenters. The number of nitrogens with zero attached hydrogens (tertiary/aromatic N) is 5. The fourth-order valence-corrected chi connectivity index (χ4v) is 11.4. The molecule has 103 heavy (non-hydrogen) atoms. The standard InChI is InChI=1S/C67H98N18O17S/c1-39(2)26-50(79-66(101)52(29-45-32-70-38-74-45)76-54(87)33-73-67(102)59(69)40(3)4)65(100)78-49(16-25-103-6)63(98)81-60(95)41(5)75-64(99)51(28-44-31-71-47-13-8-7-12-46(44)47)80-62(97)48(14-15-53(68)86)77-61(96)43-11-9-10-42(27-43)30-72-55(88)34-82-17-19-83(35-56(89)90)21-23-85(37-58(93)94)24-22-84(20-18-82)36-57(91)92/h7-13,27,31-32,38-41,48-52,59,71H,14-26,28-30,33-37,69H2,1-6H3,(H2,68,86)(H,70,74)(H,72,88)(H,73,102)(H,75,99)(H,76,87)(H,77,96)(H,78,100)(H,79,101)(H,80,97)(H,89,90)(H,91,92)(H,93,94)(H,81,95,98)/t41-,48-,49-,50-,51-,52-,59-/m0/s1. The molecule has 3 heterocycles.